The van der Waals surface area contributed by atoms with Crippen molar-refractivity contribution in [3.05, 3.63) is 92.5 Å². The molecule has 0 aliphatic rings. The maximum atomic E-state index is 13.5. The van der Waals surface area contributed by atoms with Crippen LogP contribution in [0, 0.1) is 29.9 Å². The van der Waals surface area contributed by atoms with Crippen molar-refractivity contribution in [2.45, 2.75) is 12.8 Å². The minimum Gasteiger partial charge on any atom is -0.504 e. The Balaban J connectivity index is 1.93. The van der Waals surface area contributed by atoms with E-state index in [0.717, 1.165) is 12.1 Å². The van der Waals surface area contributed by atoms with Crippen molar-refractivity contribution in [2.75, 3.05) is 5.32 Å². The smallest absolute Gasteiger partial charge is 0.259 e. The number of nitriles is 1. The summed E-state index contributed by atoms with van der Waals surface area (Å²) in [6.45, 7) is 1.69. The van der Waals surface area contributed by atoms with Gasteiger partial charge in [-0.15, -0.1) is 0 Å². The average Bonchev–Trinajstić information content (AvgIpc) is 2.71. The van der Waals surface area contributed by atoms with Crippen LogP contribution in [-0.4, -0.2) is 11.0 Å². The summed E-state index contributed by atoms with van der Waals surface area (Å²) in [6, 6.07) is 13.8. The molecule has 1 amide bonds. The van der Waals surface area contributed by atoms with Gasteiger partial charge in [-0.25, -0.2) is 4.39 Å². The average molecular weight is 447 g/mol. The van der Waals surface area contributed by atoms with E-state index in [4.69, 9.17) is 23.2 Å². The van der Waals surface area contributed by atoms with E-state index in [1.807, 2.05) is 0 Å². The van der Waals surface area contributed by atoms with E-state index in [1.54, 1.807) is 37.3 Å². The van der Waals surface area contributed by atoms with Crippen LogP contribution in [0.3, 0.4) is 0 Å². The molecule has 0 spiro atoms. The van der Waals surface area contributed by atoms with Crippen molar-refractivity contribution in [1.29, 1.82) is 5.26 Å². The Morgan fingerprint density at radius 2 is 1.80 bits per heavy atom. The zero-order valence-electron chi connectivity index (χ0n) is 15.5. The van der Waals surface area contributed by atoms with Crippen LogP contribution in [0.5, 0.6) is 5.75 Å². The number of amides is 1. The summed E-state index contributed by atoms with van der Waals surface area (Å²) in [5.41, 5.74) is 1.69. The molecule has 8 heteroatoms. The molecule has 3 aromatic carbocycles. The molecule has 2 N–H and O–H groups in total. The Kier molecular flexibility index (Phi) is 6.25. The van der Waals surface area contributed by atoms with Gasteiger partial charge in [0.05, 0.1) is 17.6 Å². The highest BCUT2D eigenvalue weighted by Gasteiger charge is 2.21. The number of carbonyl (C=O) groups excluding carboxylic acids is 1. The van der Waals surface area contributed by atoms with Crippen LogP contribution in [-0.2, 0) is 0 Å². The third kappa shape index (κ3) is 4.23. The Morgan fingerprint density at radius 3 is 2.43 bits per heavy atom. The normalized spacial score (nSPS) is 11.6. The number of benzene rings is 3. The number of rotatable bonds is 4. The number of aromatic hydroxyl groups is 1. The largest absolute Gasteiger partial charge is 0.504 e. The second-order valence-electron chi connectivity index (χ2n) is 6.51. The summed E-state index contributed by atoms with van der Waals surface area (Å²) in [7, 11) is 0. The van der Waals surface area contributed by atoms with Gasteiger partial charge in [-0.1, -0.05) is 41.4 Å². The van der Waals surface area contributed by atoms with E-state index in [1.165, 1.54) is 6.07 Å². The third-order valence-electron chi connectivity index (χ3n) is 4.55. The van der Waals surface area contributed by atoms with E-state index in [9.17, 15) is 23.9 Å². The highest BCUT2D eigenvalue weighted by molar-refractivity contribution is 6.32. The Labute approximate surface area is 181 Å². The number of hydrogen-bond donors (Lipinski definition) is 2. The summed E-state index contributed by atoms with van der Waals surface area (Å²) >= 11 is 12.3. The van der Waals surface area contributed by atoms with Gasteiger partial charge in [-0.2, -0.15) is 9.65 Å². The fraction of sp³-hybridized carbons (Fsp3) is 0.0909. The molecule has 1 atom stereocenters. The second kappa shape index (κ2) is 8.70. The van der Waals surface area contributed by atoms with Gasteiger partial charge in [0.1, 0.15) is 0 Å². The summed E-state index contributed by atoms with van der Waals surface area (Å²) in [6.07, 6.45) is 0. The summed E-state index contributed by atoms with van der Waals surface area (Å²) in [4.78, 5) is 12.4. The minimum absolute atomic E-state index is 0.229. The predicted molar refractivity (Wildman–Crippen MR) is 111 cm³/mol. The maximum absolute atomic E-state index is 13.5. The second-order valence-corrected chi connectivity index (χ2v) is 7.36. The van der Waals surface area contributed by atoms with Gasteiger partial charge in [-0.05, 0) is 53.9 Å². The molecule has 0 aliphatic carbocycles. The van der Waals surface area contributed by atoms with Crippen molar-refractivity contribution in [1.82, 2.24) is 0 Å². The monoisotopic (exact) mass is 446 g/mol. The van der Waals surface area contributed by atoms with E-state index in [-0.39, 0.29) is 5.02 Å². The van der Waals surface area contributed by atoms with E-state index in [0.29, 0.717) is 27.4 Å². The third-order valence-corrected chi connectivity index (χ3v) is 5.13. The van der Waals surface area contributed by atoms with Crippen LogP contribution in [0.2, 0.25) is 10.0 Å². The molecule has 0 aliphatic heterocycles. The zero-order valence-corrected chi connectivity index (χ0v) is 17.0. The lowest BCUT2D eigenvalue weighted by molar-refractivity contribution is 0.102. The molecule has 3 rings (SSSR count). The molecule has 3 aromatic rings. The number of phenolic OH excluding ortho intramolecular Hbond substituents is 1. The van der Waals surface area contributed by atoms with E-state index >= 15 is 0 Å². The maximum Gasteiger partial charge on any atom is 0.259 e. The summed E-state index contributed by atoms with van der Waals surface area (Å²) in [5.74, 6) is -5.36. The van der Waals surface area contributed by atoms with Gasteiger partial charge in [0.25, 0.3) is 5.91 Å². The van der Waals surface area contributed by atoms with Crippen LogP contribution in [0.1, 0.15) is 33.0 Å². The van der Waals surface area contributed by atoms with Crippen LogP contribution in [0.25, 0.3) is 0 Å². The van der Waals surface area contributed by atoms with Crippen molar-refractivity contribution < 1.29 is 18.7 Å². The SMILES string of the molecule is Cc1cc(C(C#N)c2ccc(Cl)cc2)c(Cl)cc1NC(=O)c1ccc(F)c(F)c1O. The van der Waals surface area contributed by atoms with E-state index < -0.39 is 34.8 Å². The molecule has 30 heavy (non-hydrogen) atoms. The lowest BCUT2D eigenvalue weighted by Gasteiger charge is -2.16. The number of nitrogens with zero attached hydrogens (tertiary/aromatic N) is 1. The molecule has 4 nitrogen and oxygen atoms in total. The lowest BCUT2D eigenvalue weighted by atomic mass is 9.91. The van der Waals surface area contributed by atoms with Gasteiger partial charge in [0, 0.05) is 15.7 Å². The van der Waals surface area contributed by atoms with Crippen LogP contribution >= 0.6 is 23.2 Å². The van der Waals surface area contributed by atoms with Gasteiger partial charge < -0.3 is 10.4 Å². The Bertz CT molecular complexity index is 1180. The fourth-order valence-electron chi connectivity index (χ4n) is 2.95. The minimum atomic E-state index is -1.51. The number of carbonyl (C=O) groups is 1. The number of phenols is 1. The molecule has 0 bridgehead atoms. The predicted octanol–water partition coefficient (Wildman–Crippen LogP) is 6.19. The highest BCUT2D eigenvalue weighted by Crippen LogP contribution is 2.35. The molecular formula is C22H14Cl2F2N2O2. The standard InChI is InChI=1S/C22H14Cl2F2N2O2/c1-11-8-15(16(10-27)12-2-4-13(23)5-3-12)17(24)9-19(11)28-22(30)14-6-7-18(25)20(26)21(14)29/h2-9,16,29H,1H3,(H,28,30). The topological polar surface area (TPSA) is 73.1 Å². The molecule has 0 heterocycles. The van der Waals surface area contributed by atoms with Crippen molar-refractivity contribution in [3.8, 4) is 11.8 Å². The fourth-order valence-corrected chi connectivity index (χ4v) is 3.35. The quantitative estimate of drug-likeness (QED) is 0.501. The number of nitrogens with one attached hydrogen (secondary N) is 1. The zero-order chi connectivity index (χ0) is 22.0. The van der Waals surface area contributed by atoms with Gasteiger partial charge in [0.15, 0.2) is 11.6 Å². The first-order valence-corrected chi connectivity index (χ1v) is 9.42. The molecule has 0 fully saturated rings. The molecule has 0 aromatic heterocycles. The summed E-state index contributed by atoms with van der Waals surface area (Å²) in [5, 5.41) is 22.6. The van der Waals surface area contributed by atoms with Gasteiger partial charge in [-0.3, -0.25) is 4.79 Å². The lowest BCUT2D eigenvalue weighted by Crippen LogP contribution is -2.14. The number of anilines is 1. The van der Waals surface area contributed by atoms with E-state index in [2.05, 4.69) is 11.4 Å². The van der Waals surface area contributed by atoms with Gasteiger partial charge >= 0.3 is 0 Å². The Hall–Kier alpha value is -3.14. The molecule has 1 unspecified atom stereocenters. The van der Waals surface area contributed by atoms with Crippen LogP contribution in [0.4, 0.5) is 14.5 Å². The molecule has 0 saturated heterocycles. The van der Waals surface area contributed by atoms with Crippen molar-refractivity contribution in [3.63, 3.8) is 0 Å². The van der Waals surface area contributed by atoms with Crippen molar-refractivity contribution >= 4 is 34.8 Å². The first-order valence-electron chi connectivity index (χ1n) is 8.66. The molecule has 152 valence electrons. The number of aryl methyl sites for hydroxylation is 1. The number of halogens is 4. The van der Waals surface area contributed by atoms with Crippen molar-refractivity contribution in [2.24, 2.45) is 0 Å². The summed E-state index contributed by atoms with van der Waals surface area (Å²) < 4.78 is 26.7. The van der Waals surface area contributed by atoms with Crippen LogP contribution < -0.4 is 5.32 Å². The first-order chi connectivity index (χ1) is 14.2. The number of hydrogen-bond acceptors (Lipinski definition) is 3. The molecular weight excluding hydrogens is 433 g/mol. The van der Waals surface area contributed by atoms with Crippen LogP contribution in [0.15, 0.2) is 48.5 Å². The first kappa shape index (κ1) is 21.6. The highest BCUT2D eigenvalue weighted by atomic mass is 35.5. The molecule has 0 radical (unpaired) electrons. The van der Waals surface area contributed by atoms with Gasteiger partial charge in [0.2, 0.25) is 5.82 Å². The Morgan fingerprint density at radius 1 is 1.13 bits per heavy atom. The molecule has 0 saturated carbocycles.